The highest BCUT2D eigenvalue weighted by Gasteiger charge is 2.18. The summed E-state index contributed by atoms with van der Waals surface area (Å²) in [6.07, 6.45) is 6.42. The summed E-state index contributed by atoms with van der Waals surface area (Å²) >= 11 is 0. The molecule has 0 unspecified atom stereocenters. The Morgan fingerprint density at radius 1 is 1.00 bits per heavy atom. The molecular weight excluding hydrogens is 506 g/mol. The summed E-state index contributed by atoms with van der Waals surface area (Å²) in [5, 5.41) is 17.9. The van der Waals surface area contributed by atoms with E-state index in [0.717, 1.165) is 53.9 Å². The molecule has 0 atom stereocenters. The summed E-state index contributed by atoms with van der Waals surface area (Å²) in [5.74, 6) is 0.0687. The van der Waals surface area contributed by atoms with Crippen LogP contribution in [0.25, 0.3) is 16.6 Å². The number of rotatable bonds is 6. The van der Waals surface area contributed by atoms with Crippen LogP contribution in [0.2, 0.25) is 0 Å². The molecule has 40 heavy (non-hydrogen) atoms. The molecule has 10 heteroatoms. The number of benzene rings is 2. The van der Waals surface area contributed by atoms with Crippen molar-refractivity contribution in [1.29, 1.82) is 0 Å². The molecule has 1 fully saturated rings. The van der Waals surface area contributed by atoms with Crippen LogP contribution in [0.15, 0.2) is 85.3 Å². The van der Waals surface area contributed by atoms with Gasteiger partial charge in [-0.3, -0.25) is 9.59 Å². The number of hydrogen-bond donors (Lipinski definition) is 3. The van der Waals surface area contributed by atoms with Crippen molar-refractivity contribution < 1.29 is 14.7 Å². The number of fused-ring (bicyclic) bond motifs is 1. The molecule has 6 rings (SSSR count). The second-order valence-corrected chi connectivity index (χ2v) is 9.87. The van der Waals surface area contributed by atoms with Gasteiger partial charge in [-0.1, -0.05) is 0 Å². The van der Waals surface area contributed by atoms with Gasteiger partial charge in [-0.25, -0.2) is 9.67 Å². The Bertz CT molecular complexity index is 1640. The Morgan fingerprint density at radius 2 is 1.73 bits per heavy atom. The van der Waals surface area contributed by atoms with E-state index in [1.807, 2.05) is 36.4 Å². The van der Waals surface area contributed by atoms with E-state index in [1.54, 1.807) is 65.6 Å². The molecule has 10 nitrogen and oxygen atoms in total. The minimum absolute atomic E-state index is 0.125. The molecule has 202 valence electrons. The molecule has 3 aromatic heterocycles. The maximum Gasteiger partial charge on any atom is 0.274 e. The minimum Gasteiger partial charge on any atom is -0.393 e. The fraction of sp³-hybridized carbons (Fsp3) is 0.200. The molecule has 0 saturated carbocycles. The number of aromatic amines is 1. The number of carbonyl (C=O) groups excluding carboxylic acids is 2. The fourth-order valence-electron chi connectivity index (χ4n) is 4.92. The van der Waals surface area contributed by atoms with Gasteiger partial charge in [0.05, 0.1) is 29.7 Å². The topological polar surface area (TPSA) is 119 Å². The summed E-state index contributed by atoms with van der Waals surface area (Å²) in [5.41, 5.74) is 4.47. The third-order valence-corrected chi connectivity index (χ3v) is 7.27. The van der Waals surface area contributed by atoms with Gasteiger partial charge in [-0.15, -0.1) is 0 Å². The highest BCUT2D eigenvalue weighted by atomic mass is 16.3. The Balaban J connectivity index is 1.13. The van der Waals surface area contributed by atoms with Gasteiger partial charge in [0.2, 0.25) is 0 Å². The Morgan fingerprint density at radius 3 is 2.42 bits per heavy atom. The second-order valence-electron chi connectivity index (χ2n) is 9.87. The average molecular weight is 536 g/mol. The van der Waals surface area contributed by atoms with Crippen LogP contribution in [0.4, 0.5) is 17.2 Å². The number of aliphatic hydroxyl groups is 1. The van der Waals surface area contributed by atoms with E-state index in [4.69, 9.17) is 0 Å². The SMILES string of the molecule is CN(C(=O)c1ccc[nH]1)c1ccc(-n2ncc3cc(NC(=O)c4ccc(N5CCC(O)CC5)cc4)ncc32)cc1. The van der Waals surface area contributed by atoms with Crippen LogP contribution in [0.5, 0.6) is 0 Å². The molecule has 2 amide bonds. The summed E-state index contributed by atoms with van der Waals surface area (Å²) in [4.78, 5) is 36.7. The number of nitrogens with zero attached hydrogens (tertiary/aromatic N) is 5. The van der Waals surface area contributed by atoms with Crippen molar-refractivity contribution >= 4 is 39.9 Å². The molecule has 0 aliphatic carbocycles. The van der Waals surface area contributed by atoms with Crippen molar-refractivity contribution in [3.05, 3.63) is 96.6 Å². The molecular formula is C30H29N7O3. The summed E-state index contributed by atoms with van der Waals surface area (Å²) in [7, 11) is 1.73. The molecule has 4 heterocycles. The molecule has 5 aromatic rings. The minimum atomic E-state index is -0.242. The molecule has 3 N–H and O–H groups in total. The van der Waals surface area contributed by atoms with E-state index >= 15 is 0 Å². The number of hydrogen-bond acceptors (Lipinski definition) is 6. The highest BCUT2D eigenvalue weighted by molar-refractivity contribution is 6.05. The quantitative estimate of drug-likeness (QED) is 0.299. The first-order valence-electron chi connectivity index (χ1n) is 13.2. The van der Waals surface area contributed by atoms with E-state index < -0.39 is 0 Å². The third kappa shape index (κ3) is 5.04. The number of pyridine rings is 1. The number of aliphatic hydroxyl groups excluding tert-OH is 1. The van der Waals surface area contributed by atoms with E-state index in [0.29, 0.717) is 17.1 Å². The normalized spacial score (nSPS) is 13.9. The van der Waals surface area contributed by atoms with Crippen molar-refractivity contribution in [3.8, 4) is 5.69 Å². The predicted molar refractivity (Wildman–Crippen MR) is 154 cm³/mol. The first kappa shape index (κ1) is 25.3. The molecule has 0 radical (unpaired) electrons. The van der Waals surface area contributed by atoms with Crippen LogP contribution in [0.3, 0.4) is 0 Å². The largest absolute Gasteiger partial charge is 0.393 e. The van der Waals surface area contributed by atoms with E-state index in [-0.39, 0.29) is 17.9 Å². The first-order chi connectivity index (χ1) is 19.5. The van der Waals surface area contributed by atoms with Crippen LogP contribution in [-0.2, 0) is 0 Å². The predicted octanol–water partition coefficient (Wildman–Crippen LogP) is 4.24. The third-order valence-electron chi connectivity index (χ3n) is 7.27. The number of aromatic nitrogens is 4. The van der Waals surface area contributed by atoms with E-state index in [2.05, 4.69) is 25.3 Å². The van der Waals surface area contributed by atoms with Gasteiger partial charge in [0, 0.05) is 48.7 Å². The lowest BCUT2D eigenvalue weighted by molar-refractivity contribution is 0.0987. The van der Waals surface area contributed by atoms with Gasteiger partial charge in [0.15, 0.2) is 0 Å². The lowest BCUT2D eigenvalue weighted by Gasteiger charge is -2.31. The van der Waals surface area contributed by atoms with Crippen molar-refractivity contribution in [3.63, 3.8) is 0 Å². The Kier molecular flexibility index (Phi) is 6.75. The monoisotopic (exact) mass is 535 g/mol. The van der Waals surface area contributed by atoms with E-state index in [1.165, 1.54) is 0 Å². The maximum atomic E-state index is 12.9. The van der Waals surface area contributed by atoms with Gasteiger partial charge >= 0.3 is 0 Å². The standard InChI is InChI=1S/C30H29N7O3/c1-35(30(40)26-3-2-14-31-26)22-8-10-24(11-9-22)37-27-19-32-28(17-21(27)18-33-37)34-29(39)20-4-6-23(7-5-20)36-15-12-25(38)13-16-36/h2-11,14,17-19,25,31,38H,12-13,15-16H2,1H3,(H,32,34,39). The number of piperidine rings is 1. The number of carbonyl (C=O) groups is 2. The highest BCUT2D eigenvalue weighted by Crippen LogP contribution is 2.24. The lowest BCUT2D eigenvalue weighted by atomic mass is 10.1. The molecule has 1 aliphatic heterocycles. The Hall–Kier alpha value is -4.96. The van der Waals surface area contributed by atoms with Crippen LogP contribution in [-0.4, -0.2) is 62.9 Å². The lowest BCUT2D eigenvalue weighted by Crippen LogP contribution is -2.35. The van der Waals surface area contributed by atoms with Gasteiger partial charge in [0.1, 0.15) is 11.5 Å². The molecule has 0 bridgehead atoms. The number of H-pyrrole nitrogens is 1. The molecule has 0 spiro atoms. The first-order valence-corrected chi connectivity index (χ1v) is 13.2. The van der Waals surface area contributed by atoms with Crippen molar-refractivity contribution in [2.24, 2.45) is 0 Å². The summed E-state index contributed by atoms with van der Waals surface area (Å²) in [6.45, 7) is 1.61. The second kappa shape index (κ2) is 10.7. The zero-order chi connectivity index (χ0) is 27.6. The zero-order valence-electron chi connectivity index (χ0n) is 22.0. The van der Waals surface area contributed by atoms with Gasteiger partial charge in [0.25, 0.3) is 11.8 Å². The summed E-state index contributed by atoms with van der Waals surface area (Å²) < 4.78 is 1.77. The zero-order valence-corrected chi connectivity index (χ0v) is 22.0. The smallest absolute Gasteiger partial charge is 0.274 e. The van der Waals surface area contributed by atoms with Crippen molar-refractivity contribution in [2.75, 3.05) is 35.3 Å². The molecule has 2 aromatic carbocycles. The number of amides is 2. The van der Waals surface area contributed by atoms with Gasteiger partial charge in [-0.05, 0) is 79.6 Å². The number of anilines is 3. The van der Waals surface area contributed by atoms with E-state index in [9.17, 15) is 14.7 Å². The summed E-state index contributed by atoms with van der Waals surface area (Å²) in [6, 6.07) is 20.3. The van der Waals surface area contributed by atoms with Gasteiger partial charge < -0.3 is 25.2 Å². The van der Waals surface area contributed by atoms with Crippen LogP contribution >= 0.6 is 0 Å². The fourth-order valence-corrected chi connectivity index (χ4v) is 4.92. The van der Waals surface area contributed by atoms with Crippen molar-refractivity contribution in [1.82, 2.24) is 19.7 Å². The van der Waals surface area contributed by atoms with Crippen LogP contribution < -0.4 is 15.1 Å². The van der Waals surface area contributed by atoms with Crippen LogP contribution in [0, 0.1) is 0 Å². The van der Waals surface area contributed by atoms with Crippen LogP contribution in [0.1, 0.15) is 33.7 Å². The maximum absolute atomic E-state index is 12.9. The molecule has 1 saturated heterocycles. The van der Waals surface area contributed by atoms with Gasteiger partial charge in [-0.2, -0.15) is 5.10 Å². The number of nitrogens with one attached hydrogen (secondary N) is 2. The molecule has 1 aliphatic rings. The average Bonchev–Trinajstić information content (AvgIpc) is 3.68. The van der Waals surface area contributed by atoms with Crippen molar-refractivity contribution in [2.45, 2.75) is 18.9 Å². The Labute approximate surface area is 230 Å².